The van der Waals surface area contributed by atoms with Crippen molar-refractivity contribution in [3.05, 3.63) is 6.92 Å². The van der Waals surface area contributed by atoms with Crippen molar-refractivity contribution in [3.8, 4) is 0 Å². The minimum absolute atomic E-state index is 0.189. The Morgan fingerprint density at radius 1 is 1.45 bits per heavy atom. The maximum atomic E-state index is 11.3. The molecule has 11 heavy (non-hydrogen) atoms. The van der Waals surface area contributed by atoms with Gasteiger partial charge in [0.1, 0.15) is 0 Å². The fourth-order valence-corrected chi connectivity index (χ4v) is 1.45. The molecule has 0 aromatic rings. The average Bonchev–Trinajstić information content (AvgIpc) is 1.86. The lowest BCUT2D eigenvalue weighted by atomic mass is 10.00. The Labute approximate surface area is 73.9 Å². The second-order valence-corrected chi connectivity index (χ2v) is 4.66. The smallest absolute Gasteiger partial charge is 0.194 e. The number of thioether (sulfide) groups is 1. The summed E-state index contributed by atoms with van der Waals surface area (Å²) in [6.45, 7) is 9.57. The third-order valence-electron chi connectivity index (χ3n) is 1.24. The zero-order valence-corrected chi connectivity index (χ0v) is 8.46. The molecule has 0 saturated heterocycles. The Balaban J connectivity index is 3.54. The van der Waals surface area contributed by atoms with Crippen LogP contribution in [0, 0.1) is 12.3 Å². The van der Waals surface area contributed by atoms with Crippen LogP contribution >= 0.6 is 11.8 Å². The van der Waals surface area contributed by atoms with Gasteiger partial charge in [0, 0.05) is 11.2 Å². The maximum Gasteiger partial charge on any atom is 0.194 e. The summed E-state index contributed by atoms with van der Waals surface area (Å²) in [6.07, 6.45) is 1.96. The number of unbranched alkanes of at least 4 members (excludes halogenated alkanes) is 1. The zero-order valence-electron chi connectivity index (χ0n) is 7.64. The normalized spacial score (nSPS) is 11.6. The topological polar surface area (TPSA) is 17.1 Å². The van der Waals surface area contributed by atoms with Crippen molar-refractivity contribution in [2.24, 2.45) is 5.41 Å². The van der Waals surface area contributed by atoms with Crippen LogP contribution in [0.15, 0.2) is 0 Å². The Kier molecular flexibility index (Phi) is 4.82. The highest BCUT2D eigenvalue weighted by molar-refractivity contribution is 8.13. The molecule has 1 radical (unpaired) electrons. The van der Waals surface area contributed by atoms with E-state index in [-0.39, 0.29) is 10.5 Å². The van der Waals surface area contributed by atoms with Crippen molar-refractivity contribution in [2.75, 3.05) is 5.75 Å². The lowest BCUT2D eigenvalue weighted by molar-refractivity contribution is -0.117. The van der Waals surface area contributed by atoms with Crippen LogP contribution in [-0.2, 0) is 4.79 Å². The molecule has 0 aliphatic rings. The van der Waals surface area contributed by atoms with Gasteiger partial charge in [0.15, 0.2) is 5.12 Å². The third-order valence-corrected chi connectivity index (χ3v) is 2.61. The molecule has 0 saturated carbocycles. The Morgan fingerprint density at radius 3 is 2.36 bits per heavy atom. The van der Waals surface area contributed by atoms with Crippen LogP contribution in [0.25, 0.3) is 0 Å². The molecule has 0 aliphatic carbocycles. The van der Waals surface area contributed by atoms with Gasteiger partial charge in [-0.25, -0.2) is 0 Å². The molecule has 0 fully saturated rings. The predicted octanol–water partition coefficient (Wildman–Crippen LogP) is 2.91. The summed E-state index contributed by atoms with van der Waals surface area (Å²) in [6, 6.07) is 0. The fourth-order valence-electron chi connectivity index (χ4n) is 0.483. The van der Waals surface area contributed by atoms with Crippen LogP contribution in [-0.4, -0.2) is 10.9 Å². The second kappa shape index (κ2) is 4.81. The van der Waals surface area contributed by atoms with Gasteiger partial charge in [-0.3, -0.25) is 4.79 Å². The van der Waals surface area contributed by atoms with E-state index in [1.165, 1.54) is 11.8 Å². The summed E-state index contributed by atoms with van der Waals surface area (Å²) in [5.41, 5.74) is -0.189. The van der Waals surface area contributed by atoms with E-state index in [2.05, 4.69) is 6.92 Å². The van der Waals surface area contributed by atoms with E-state index in [9.17, 15) is 4.79 Å². The number of carbonyl (C=O) groups is 1. The standard InChI is InChI=1S/C9H17OS/c1-5-6-7-11-8(10)9(2,3)4/h1,5-7H2,2-4H3. The first-order chi connectivity index (χ1) is 4.98. The summed E-state index contributed by atoms with van der Waals surface area (Å²) in [5.74, 6) is 0.916. The van der Waals surface area contributed by atoms with Crippen LogP contribution in [0.5, 0.6) is 0 Å². The van der Waals surface area contributed by atoms with E-state index < -0.39 is 0 Å². The summed E-state index contributed by atoms with van der Waals surface area (Å²) in [4.78, 5) is 11.3. The average molecular weight is 173 g/mol. The number of hydrogen-bond acceptors (Lipinski definition) is 2. The van der Waals surface area contributed by atoms with Crippen LogP contribution in [0.1, 0.15) is 33.6 Å². The lowest BCUT2D eigenvalue weighted by Gasteiger charge is -2.14. The number of hydrogen-bond donors (Lipinski definition) is 0. The van der Waals surface area contributed by atoms with Gasteiger partial charge in [-0.1, -0.05) is 45.9 Å². The molecule has 0 aromatic carbocycles. The first-order valence-corrected chi connectivity index (χ1v) is 4.93. The minimum atomic E-state index is -0.189. The van der Waals surface area contributed by atoms with Gasteiger partial charge < -0.3 is 0 Å². The van der Waals surface area contributed by atoms with Gasteiger partial charge in [-0.15, -0.1) is 0 Å². The van der Waals surface area contributed by atoms with Crippen LogP contribution in [0.3, 0.4) is 0 Å². The molecule has 0 aromatic heterocycles. The molecule has 0 atom stereocenters. The highest BCUT2D eigenvalue weighted by Crippen LogP contribution is 2.23. The van der Waals surface area contributed by atoms with Gasteiger partial charge in [0.2, 0.25) is 0 Å². The van der Waals surface area contributed by atoms with Crippen molar-refractivity contribution in [1.82, 2.24) is 0 Å². The minimum Gasteiger partial charge on any atom is -0.287 e. The summed E-state index contributed by atoms with van der Waals surface area (Å²) in [7, 11) is 0. The summed E-state index contributed by atoms with van der Waals surface area (Å²) in [5, 5.41) is 0.283. The molecule has 2 heteroatoms. The van der Waals surface area contributed by atoms with Gasteiger partial charge in [-0.2, -0.15) is 0 Å². The molecule has 0 bridgehead atoms. The van der Waals surface area contributed by atoms with Crippen LogP contribution in [0.4, 0.5) is 0 Å². The van der Waals surface area contributed by atoms with E-state index in [1.807, 2.05) is 20.8 Å². The number of rotatable bonds is 3. The highest BCUT2D eigenvalue weighted by Gasteiger charge is 2.20. The van der Waals surface area contributed by atoms with Crippen molar-refractivity contribution < 1.29 is 4.79 Å². The zero-order chi connectivity index (χ0) is 8.91. The van der Waals surface area contributed by atoms with Gasteiger partial charge in [-0.05, 0) is 6.42 Å². The molecule has 0 spiro atoms. The highest BCUT2D eigenvalue weighted by atomic mass is 32.2. The predicted molar refractivity (Wildman–Crippen MR) is 51.5 cm³/mol. The lowest BCUT2D eigenvalue weighted by Crippen LogP contribution is -2.16. The fraction of sp³-hybridized carbons (Fsp3) is 0.778. The molecule has 0 aliphatic heterocycles. The van der Waals surface area contributed by atoms with E-state index >= 15 is 0 Å². The quantitative estimate of drug-likeness (QED) is 0.610. The second-order valence-electron chi connectivity index (χ2n) is 3.59. The molecule has 0 N–H and O–H groups in total. The van der Waals surface area contributed by atoms with Crippen LogP contribution < -0.4 is 0 Å². The third kappa shape index (κ3) is 5.31. The van der Waals surface area contributed by atoms with E-state index in [0.29, 0.717) is 0 Å². The van der Waals surface area contributed by atoms with Crippen molar-refractivity contribution >= 4 is 16.9 Å². The summed E-state index contributed by atoms with van der Waals surface area (Å²) >= 11 is 1.43. The summed E-state index contributed by atoms with van der Waals surface area (Å²) < 4.78 is 0. The monoisotopic (exact) mass is 173 g/mol. The Morgan fingerprint density at radius 2 is 2.00 bits per heavy atom. The maximum absolute atomic E-state index is 11.3. The van der Waals surface area contributed by atoms with Gasteiger partial charge >= 0.3 is 0 Å². The van der Waals surface area contributed by atoms with Gasteiger partial charge in [0.05, 0.1) is 0 Å². The molecule has 1 nitrogen and oxygen atoms in total. The van der Waals surface area contributed by atoms with Crippen molar-refractivity contribution in [3.63, 3.8) is 0 Å². The van der Waals surface area contributed by atoms with Gasteiger partial charge in [0.25, 0.3) is 0 Å². The Hall–Kier alpha value is 0.0200. The number of carbonyl (C=O) groups excluding carboxylic acids is 1. The first-order valence-electron chi connectivity index (χ1n) is 3.95. The molecule has 0 heterocycles. The van der Waals surface area contributed by atoms with Crippen molar-refractivity contribution in [1.29, 1.82) is 0 Å². The van der Waals surface area contributed by atoms with E-state index in [1.54, 1.807) is 0 Å². The van der Waals surface area contributed by atoms with Crippen LogP contribution in [0.2, 0.25) is 0 Å². The molecule has 0 unspecified atom stereocenters. The Bertz CT molecular complexity index is 124. The molecular formula is C9H17OS. The molecule has 0 rings (SSSR count). The van der Waals surface area contributed by atoms with E-state index in [0.717, 1.165) is 18.6 Å². The van der Waals surface area contributed by atoms with Crippen molar-refractivity contribution in [2.45, 2.75) is 33.6 Å². The molecule has 65 valence electrons. The first kappa shape index (κ1) is 11.0. The largest absolute Gasteiger partial charge is 0.287 e. The SMILES string of the molecule is [CH2]CCCSC(=O)C(C)(C)C. The van der Waals surface area contributed by atoms with E-state index in [4.69, 9.17) is 0 Å². The molecule has 0 amide bonds. The molecular weight excluding hydrogens is 156 g/mol.